The molecule has 0 aliphatic heterocycles. The largest absolute Gasteiger partial charge is 0.462 e. The van der Waals surface area contributed by atoms with E-state index < -0.39 is 11.9 Å². The zero-order chi connectivity index (χ0) is 13.3. The molecular weight excluding hydrogens is 226 g/mol. The number of ether oxygens (including phenoxy) is 2. The van der Waals surface area contributed by atoms with Crippen molar-refractivity contribution < 1.29 is 24.3 Å². The Bertz CT molecular complexity index is 291. The molecule has 0 fully saturated rings. The molecule has 0 aromatic rings. The first-order valence-corrected chi connectivity index (χ1v) is 5.19. The number of hydrogen-bond acceptors (Lipinski definition) is 6. The Kier molecular flexibility index (Phi) is 7.45. The lowest BCUT2D eigenvalue weighted by molar-refractivity contribution is -0.147. The minimum atomic E-state index is -0.839. The van der Waals surface area contributed by atoms with E-state index in [1.165, 1.54) is 6.08 Å². The van der Waals surface area contributed by atoms with Gasteiger partial charge in [-0.25, -0.2) is 9.59 Å². The second-order valence-electron chi connectivity index (χ2n) is 2.89. The molecule has 0 rings (SSSR count). The van der Waals surface area contributed by atoms with Crippen LogP contribution in [0.3, 0.4) is 0 Å². The molecule has 0 aromatic carbocycles. The van der Waals surface area contributed by atoms with Crippen molar-refractivity contribution in [1.29, 1.82) is 0 Å². The fraction of sp³-hybridized carbons (Fsp3) is 0.455. The van der Waals surface area contributed by atoms with E-state index in [4.69, 9.17) is 0 Å². The normalized spacial score (nSPS) is 9.12. The Morgan fingerprint density at radius 2 is 1.71 bits per heavy atom. The second kappa shape index (κ2) is 8.35. The highest BCUT2D eigenvalue weighted by Crippen LogP contribution is 2.04. The van der Waals surface area contributed by atoms with Crippen LogP contribution in [0, 0.1) is 0 Å². The van der Waals surface area contributed by atoms with Crippen molar-refractivity contribution in [2.75, 3.05) is 19.8 Å². The SMILES string of the molecule is C=CCN(O)C=C(C(=O)OCC)C(=O)OCC. The van der Waals surface area contributed by atoms with E-state index in [0.717, 1.165) is 6.20 Å². The average molecular weight is 243 g/mol. The summed E-state index contributed by atoms with van der Waals surface area (Å²) in [6.07, 6.45) is 2.36. The van der Waals surface area contributed by atoms with Crippen molar-refractivity contribution in [1.82, 2.24) is 5.06 Å². The molecule has 0 atom stereocenters. The van der Waals surface area contributed by atoms with Gasteiger partial charge in [0, 0.05) is 6.20 Å². The Labute approximate surface area is 100 Å². The lowest BCUT2D eigenvalue weighted by atomic mass is 10.3. The number of carbonyl (C=O) groups excluding carboxylic acids is 2. The van der Waals surface area contributed by atoms with Gasteiger partial charge >= 0.3 is 11.9 Å². The van der Waals surface area contributed by atoms with Crippen LogP contribution in [0.4, 0.5) is 0 Å². The molecule has 96 valence electrons. The summed E-state index contributed by atoms with van der Waals surface area (Å²) in [6.45, 7) is 6.96. The van der Waals surface area contributed by atoms with Gasteiger partial charge in [-0.3, -0.25) is 10.3 Å². The van der Waals surface area contributed by atoms with E-state index in [1.807, 2.05) is 0 Å². The van der Waals surface area contributed by atoms with Crippen LogP contribution < -0.4 is 0 Å². The lowest BCUT2D eigenvalue weighted by Gasteiger charge is -2.11. The minimum absolute atomic E-state index is 0.0717. The van der Waals surface area contributed by atoms with Gasteiger partial charge in [0.25, 0.3) is 0 Å². The third-order valence-electron chi connectivity index (χ3n) is 1.58. The van der Waals surface area contributed by atoms with Crippen molar-refractivity contribution in [2.45, 2.75) is 13.8 Å². The van der Waals surface area contributed by atoms with E-state index >= 15 is 0 Å². The summed E-state index contributed by atoms with van der Waals surface area (Å²) in [5.41, 5.74) is -0.363. The van der Waals surface area contributed by atoms with Gasteiger partial charge in [0.2, 0.25) is 0 Å². The van der Waals surface area contributed by atoms with Gasteiger partial charge in [0.05, 0.1) is 19.8 Å². The maximum atomic E-state index is 11.4. The van der Waals surface area contributed by atoms with Gasteiger partial charge in [0.1, 0.15) is 0 Å². The highest BCUT2D eigenvalue weighted by molar-refractivity contribution is 6.13. The second-order valence-corrected chi connectivity index (χ2v) is 2.89. The van der Waals surface area contributed by atoms with Crippen LogP contribution in [-0.2, 0) is 19.1 Å². The zero-order valence-corrected chi connectivity index (χ0v) is 10.0. The Balaban J connectivity index is 4.88. The molecule has 0 amide bonds. The van der Waals surface area contributed by atoms with Crippen molar-refractivity contribution >= 4 is 11.9 Å². The molecule has 0 heterocycles. The number of hydrogen-bond donors (Lipinski definition) is 1. The number of nitrogens with zero attached hydrogens (tertiary/aromatic N) is 1. The number of rotatable bonds is 7. The number of carbonyl (C=O) groups is 2. The smallest absolute Gasteiger partial charge is 0.347 e. The summed E-state index contributed by atoms with van der Waals surface area (Å²) in [6, 6.07) is 0. The molecule has 6 heteroatoms. The van der Waals surface area contributed by atoms with E-state index in [0.29, 0.717) is 5.06 Å². The van der Waals surface area contributed by atoms with E-state index in [-0.39, 0.29) is 25.3 Å². The number of esters is 2. The van der Waals surface area contributed by atoms with Crippen molar-refractivity contribution in [3.8, 4) is 0 Å². The van der Waals surface area contributed by atoms with Gasteiger partial charge in [-0.2, -0.15) is 0 Å². The molecule has 0 saturated heterocycles. The molecule has 0 radical (unpaired) electrons. The van der Waals surface area contributed by atoms with Crippen LogP contribution >= 0.6 is 0 Å². The molecule has 0 unspecified atom stereocenters. The first-order valence-electron chi connectivity index (χ1n) is 5.19. The van der Waals surface area contributed by atoms with E-state index in [2.05, 4.69) is 16.1 Å². The summed E-state index contributed by atoms with van der Waals surface area (Å²) in [4.78, 5) is 22.9. The van der Waals surface area contributed by atoms with Gasteiger partial charge in [-0.05, 0) is 13.8 Å². The van der Waals surface area contributed by atoms with Crippen LogP contribution in [0.2, 0.25) is 0 Å². The van der Waals surface area contributed by atoms with Crippen LogP contribution in [0.15, 0.2) is 24.4 Å². The van der Waals surface area contributed by atoms with Gasteiger partial charge in [0.15, 0.2) is 5.57 Å². The molecule has 0 saturated carbocycles. The Hall–Kier alpha value is -1.82. The Morgan fingerprint density at radius 1 is 1.24 bits per heavy atom. The third-order valence-corrected chi connectivity index (χ3v) is 1.58. The monoisotopic (exact) mass is 243 g/mol. The first-order chi connectivity index (χ1) is 8.06. The highest BCUT2D eigenvalue weighted by atomic mass is 16.6. The standard InChI is InChI=1S/C11H17NO5/c1-4-7-12(15)8-9(10(13)16-5-2)11(14)17-6-3/h4,8,15H,1,5-7H2,2-3H3. The third kappa shape index (κ3) is 5.72. The van der Waals surface area contributed by atoms with Gasteiger partial charge < -0.3 is 9.47 Å². The predicted octanol–water partition coefficient (Wildman–Crippen LogP) is 0.874. The Morgan fingerprint density at radius 3 is 2.06 bits per heavy atom. The summed E-state index contributed by atoms with van der Waals surface area (Å²) >= 11 is 0. The quantitative estimate of drug-likeness (QED) is 0.178. The van der Waals surface area contributed by atoms with Crippen molar-refractivity contribution in [3.05, 3.63) is 24.4 Å². The maximum Gasteiger partial charge on any atom is 0.347 e. The summed E-state index contributed by atoms with van der Waals surface area (Å²) in [5.74, 6) is -1.68. The first kappa shape index (κ1) is 15.2. The fourth-order valence-electron chi connectivity index (χ4n) is 0.940. The van der Waals surface area contributed by atoms with Gasteiger partial charge in [-0.1, -0.05) is 6.08 Å². The lowest BCUT2D eigenvalue weighted by Crippen LogP contribution is -2.22. The maximum absolute atomic E-state index is 11.4. The average Bonchev–Trinajstić information content (AvgIpc) is 2.26. The molecule has 0 spiro atoms. The van der Waals surface area contributed by atoms with Crippen molar-refractivity contribution in [2.24, 2.45) is 0 Å². The van der Waals surface area contributed by atoms with E-state index in [1.54, 1.807) is 13.8 Å². The minimum Gasteiger partial charge on any atom is -0.462 e. The molecule has 0 aliphatic rings. The molecule has 0 aromatic heterocycles. The molecule has 1 N–H and O–H groups in total. The number of hydroxylamine groups is 2. The molecule has 0 bridgehead atoms. The van der Waals surface area contributed by atoms with Gasteiger partial charge in [-0.15, -0.1) is 6.58 Å². The van der Waals surface area contributed by atoms with Crippen LogP contribution in [0.5, 0.6) is 0 Å². The summed E-state index contributed by atoms with van der Waals surface area (Å²) in [5, 5.41) is 9.97. The summed E-state index contributed by atoms with van der Waals surface area (Å²) in [7, 11) is 0. The molecule has 0 aliphatic carbocycles. The van der Waals surface area contributed by atoms with Crippen LogP contribution in [-0.4, -0.2) is 42.0 Å². The van der Waals surface area contributed by atoms with E-state index in [9.17, 15) is 14.8 Å². The molecule has 17 heavy (non-hydrogen) atoms. The predicted molar refractivity (Wildman–Crippen MR) is 60.0 cm³/mol. The summed E-state index contributed by atoms with van der Waals surface area (Å²) < 4.78 is 9.36. The highest BCUT2D eigenvalue weighted by Gasteiger charge is 2.21. The zero-order valence-electron chi connectivity index (χ0n) is 10.0. The fourth-order valence-corrected chi connectivity index (χ4v) is 0.940. The molecular formula is C11H17NO5. The molecule has 6 nitrogen and oxygen atoms in total. The van der Waals surface area contributed by atoms with Crippen LogP contribution in [0.1, 0.15) is 13.8 Å². The topological polar surface area (TPSA) is 76.1 Å². The van der Waals surface area contributed by atoms with Crippen LogP contribution in [0.25, 0.3) is 0 Å². The van der Waals surface area contributed by atoms with Crippen molar-refractivity contribution in [3.63, 3.8) is 0 Å².